The van der Waals surface area contributed by atoms with E-state index in [1.54, 1.807) is 59.9 Å². The number of carbonyl (C=O) groups is 2. The lowest BCUT2D eigenvalue weighted by Crippen LogP contribution is -2.35. The van der Waals surface area contributed by atoms with Crippen molar-refractivity contribution in [1.82, 2.24) is 10.2 Å². The van der Waals surface area contributed by atoms with E-state index in [-0.39, 0.29) is 24.9 Å². The molecule has 1 aromatic carbocycles. The van der Waals surface area contributed by atoms with Crippen molar-refractivity contribution in [3.63, 3.8) is 0 Å². The molecule has 3 aromatic rings. The summed E-state index contributed by atoms with van der Waals surface area (Å²) in [5.41, 5.74) is 0.645. The number of thiophene rings is 1. The first-order valence-electron chi connectivity index (χ1n) is 9.15. The normalized spacial score (nSPS) is 10.4. The summed E-state index contributed by atoms with van der Waals surface area (Å²) in [6.45, 7) is 1.14. The lowest BCUT2D eigenvalue weighted by Gasteiger charge is -2.21. The molecule has 3 rings (SSSR count). The molecule has 7 nitrogen and oxygen atoms in total. The van der Waals surface area contributed by atoms with Gasteiger partial charge in [0.15, 0.2) is 0 Å². The Labute approximate surface area is 173 Å². The molecule has 0 spiro atoms. The Morgan fingerprint density at radius 2 is 1.93 bits per heavy atom. The van der Waals surface area contributed by atoms with E-state index >= 15 is 0 Å². The maximum Gasteiger partial charge on any atom is 0.319 e. The maximum atomic E-state index is 12.7. The van der Waals surface area contributed by atoms with Crippen LogP contribution in [0.25, 0.3) is 0 Å². The molecule has 0 aliphatic heterocycles. The minimum atomic E-state index is -0.362. The van der Waals surface area contributed by atoms with Crippen LogP contribution in [0.15, 0.2) is 64.6 Å². The number of nitrogens with zero attached hydrogens (tertiary/aromatic N) is 1. The number of amides is 3. The van der Waals surface area contributed by atoms with E-state index in [0.717, 1.165) is 10.6 Å². The average Bonchev–Trinajstić information content (AvgIpc) is 3.42. The molecule has 2 N–H and O–H groups in total. The third-order valence-electron chi connectivity index (χ3n) is 4.18. The Morgan fingerprint density at radius 1 is 1.10 bits per heavy atom. The highest BCUT2D eigenvalue weighted by Crippen LogP contribution is 2.16. The molecule has 0 aliphatic rings. The van der Waals surface area contributed by atoms with Gasteiger partial charge in [-0.25, -0.2) is 4.79 Å². The topological polar surface area (TPSA) is 83.8 Å². The van der Waals surface area contributed by atoms with Crippen molar-refractivity contribution in [3.8, 4) is 5.75 Å². The summed E-state index contributed by atoms with van der Waals surface area (Å²) in [6, 6.07) is 14.2. The molecule has 2 heterocycles. The zero-order chi connectivity index (χ0) is 20.5. The van der Waals surface area contributed by atoms with Gasteiger partial charge < -0.3 is 24.7 Å². The fourth-order valence-corrected chi connectivity index (χ4v) is 3.42. The number of nitrogens with one attached hydrogen (secondary N) is 2. The van der Waals surface area contributed by atoms with Crippen molar-refractivity contribution in [2.24, 2.45) is 0 Å². The van der Waals surface area contributed by atoms with E-state index in [0.29, 0.717) is 24.5 Å². The van der Waals surface area contributed by atoms with E-state index in [4.69, 9.17) is 9.15 Å². The number of rotatable bonds is 9. The molecule has 2 aromatic heterocycles. The van der Waals surface area contributed by atoms with Gasteiger partial charge in [0.2, 0.25) is 5.91 Å². The molecule has 29 heavy (non-hydrogen) atoms. The lowest BCUT2D eigenvalue weighted by molar-refractivity contribution is -0.132. The number of hydrogen-bond acceptors (Lipinski definition) is 5. The highest BCUT2D eigenvalue weighted by molar-refractivity contribution is 7.09. The number of carbonyl (C=O) groups excluding carboxylic acids is 2. The van der Waals surface area contributed by atoms with Crippen LogP contribution < -0.4 is 15.4 Å². The summed E-state index contributed by atoms with van der Waals surface area (Å²) in [5.74, 6) is 1.38. The van der Waals surface area contributed by atoms with Crippen molar-refractivity contribution >= 4 is 29.0 Å². The molecule has 0 bridgehead atoms. The molecule has 0 unspecified atom stereocenters. The average molecular weight is 413 g/mol. The fraction of sp³-hybridized carbons (Fsp3) is 0.238. The molecular weight excluding hydrogens is 390 g/mol. The van der Waals surface area contributed by atoms with Gasteiger partial charge in [0.25, 0.3) is 0 Å². The number of urea groups is 1. The van der Waals surface area contributed by atoms with Gasteiger partial charge in [-0.2, -0.15) is 0 Å². The number of furan rings is 1. The second-order valence-electron chi connectivity index (χ2n) is 6.27. The first kappa shape index (κ1) is 20.5. The van der Waals surface area contributed by atoms with Crippen LogP contribution in [0.5, 0.6) is 5.75 Å². The minimum absolute atomic E-state index is 0.0560. The van der Waals surface area contributed by atoms with Gasteiger partial charge in [0.1, 0.15) is 11.5 Å². The zero-order valence-electron chi connectivity index (χ0n) is 16.1. The van der Waals surface area contributed by atoms with Crippen molar-refractivity contribution in [1.29, 1.82) is 0 Å². The Kier molecular flexibility index (Phi) is 7.29. The molecule has 0 saturated carbocycles. The van der Waals surface area contributed by atoms with Gasteiger partial charge in [-0.1, -0.05) is 6.07 Å². The zero-order valence-corrected chi connectivity index (χ0v) is 16.9. The third-order valence-corrected chi connectivity index (χ3v) is 5.04. The number of hydrogen-bond donors (Lipinski definition) is 2. The van der Waals surface area contributed by atoms with E-state index in [2.05, 4.69) is 10.6 Å². The van der Waals surface area contributed by atoms with Gasteiger partial charge >= 0.3 is 6.03 Å². The number of anilines is 1. The largest absolute Gasteiger partial charge is 0.497 e. The van der Waals surface area contributed by atoms with Crippen molar-refractivity contribution in [2.45, 2.75) is 19.5 Å². The quantitative estimate of drug-likeness (QED) is 0.553. The van der Waals surface area contributed by atoms with E-state index < -0.39 is 0 Å². The van der Waals surface area contributed by atoms with Crippen LogP contribution in [0.3, 0.4) is 0 Å². The Hall–Kier alpha value is -3.26. The molecule has 8 heteroatoms. The van der Waals surface area contributed by atoms with Crippen LogP contribution in [0.1, 0.15) is 17.1 Å². The predicted molar refractivity (Wildman–Crippen MR) is 112 cm³/mol. The molecule has 0 fully saturated rings. The van der Waals surface area contributed by atoms with Crippen LogP contribution >= 0.6 is 11.3 Å². The van der Waals surface area contributed by atoms with Gasteiger partial charge in [0.05, 0.1) is 26.5 Å². The SMILES string of the molecule is COc1ccc(NC(=O)NCCC(=O)N(Cc2ccco2)Cc2cccs2)cc1. The van der Waals surface area contributed by atoms with Gasteiger partial charge in [-0.3, -0.25) is 4.79 Å². The summed E-state index contributed by atoms with van der Waals surface area (Å²) in [4.78, 5) is 27.6. The smallest absolute Gasteiger partial charge is 0.319 e. The summed E-state index contributed by atoms with van der Waals surface area (Å²) < 4.78 is 10.5. The highest BCUT2D eigenvalue weighted by Gasteiger charge is 2.16. The van der Waals surface area contributed by atoms with Crippen molar-refractivity contribution < 1.29 is 18.7 Å². The first-order valence-corrected chi connectivity index (χ1v) is 10.0. The fourth-order valence-electron chi connectivity index (χ4n) is 2.70. The van der Waals surface area contributed by atoms with Gasteiger partial charge in [-0.15, -0.1) is 11.3 Å². The number of benzene rings is 1. The molecule has 0 atom stereocenters. The summed E-state index contributed by atoms with van der Waals surface area (Å²) in [6.07, 6.45) is 1.79. The molecule has 3 amide bonds. The Bertz CT molecular complexity index is 856. The van der Waals surface area contributed by atoms with Crippen LogP contribution in [0.4, 0.5) is 10.5 Å². The first-order chi connectivity index (χ1) is 14.1. The van der Waals surface area contributed by atoms with Crippen LogP contribution in [0.2, 0.25) is 0 Å². The van der Waals surface area contributed by atoms with Crippen LogP contribution in [0, 0.1) is 0 Å². The Balaban J connectivity index is 1.48. The molecule has 0 radical (unpaired) electrons. The monoisotopic (exact) mass is 413 g/mol. The molecular formula is C21H23N3O4S. The van der Waals surface area contributed by atoms with Crippen LogP contribution in [-0.4, -0.2) is 30.5 Å². The number of methoxy groups -OCH3 is 1. The lowest BCUT2D eigenvalue weighted by atomic mass is 10.3. The maximum absolute atomic E-state index is 12.7. The molecule has 152 valence electrons. The van der Waals surface area contributed by atoms with E-state index in [1.165, 1.54) is 0 Å². The Morgan fingerprint density at radius 3 is 2.59 bits per heavy atom. The van der Waals surface area contributed by atoms with E-state index in [1.807, 2.05) is 23.6 Å². The predicted octanol–water partition coefficient (Wildman–Crippen LogP) is 4.09. The second kappa shape index (κ2) is 10.3. The van der Waals surface area contributed by atoms with Crippen molar-refractivity contribution in [2.75, 3.05) is 19.0 Å². The standard InChI is InChI=1S/C21H23N3O4S/c1-27-17-8-6-16(7-9-17)23-21(26)22-11-10-20(25)24(14-18-4-2-12-28-18)15-19-5-3-13-29-19/h2-9,12-13H,10-11,14-15H2,1H3,(H2,22,23,26). The van der Waals surface area contributed by atoms with Gasteiger partial charge in [-0.05, 0) is 47.8 Å². The summed E-state index contributed by atoms with van der Waals surface area (Å²) in [5, 5.41) is 7.42. The second-order valence-corrected chi connectivity index (χ2v) is 7.30. The summed E-state index contributed by atoms with van der Waals surface area (Å²) in [7, 11) is 1.58. The van der Waals surface area contributed by atoms with Gasteiger partial charge in [0, 0.05) is 23.5 Å². The summed E-state index contributed by atoms with van der Waals surface area (Å²) >= 11 is 1.60. The molecule has 0 aliphatic carbocycles. The van der Waals surface area contributed by atoms with E-state index in [9.17, 15) is 9.59 Å². The molecule has 0 saturated heterocycles. The third kappa shape index (κ3) is 6.39. The van der Waals surface area contributed by atoms with Crippen LogP contribution in [-0.2, 0) is 17.9 Å². The van der Waals surface area contributed by atoms with Crippen molar-refractivity contribution in [3.05, 3.63) is 70.8 Å². The number of ether oxygens (including phenoxy) is 1. The highest BCUT2D eigenvalue weighted by atomic mass is 32.1. The minimum Gasteiger partial charge on any atom is -0.497 e.